The molecule has 0 aromatic heterocycles. The third-order valence-corrected chi connectivity index (χ3v) is 5.79. The van der Waals surface area contributed by atoms with Crippen molar-refractivity contribution in [2.45, 2.75) is 32.1 Å². The minimum Gasteiger partial charge on any atom is -0.494 e. The molecule has 1 aromatic rings. The van der Waals surface area contributed by atoms with E-state index in [4.69, 9.17) is 16.3 Å². The van der Waals surface area contributed by atoms with E-state index in [9.17, 15) is 4.79 Å². The Hall–Kier alpha value is -1.26. The standard InChI is InChI=1S/C19H27ClN2O2/c1-22(2)18(23)16-4-3-15(11-17(16)20)24-10-5-14-12-19(13-14)6-8-21-9-7-19/h3-4,11,14,21H,5-10,12-13H2,1-2H3. The molecule has 1 saturated heterocycles. The lowest BCUT2D eigenvalue weighted by Crippen LogP contribution is -2.45. The highest BCUT2D eigenvalue weighted by Crippen LogP contribution is 2.52. The first-order valence-electron chi connectivity index (χ1n) is 8.84. The minimum absolute atomic E-state index is 0.0895. The molecule has 2 fully saturated rings. The van der Waals surface area contributed by atoms with Crippen molar-refractivity contribution in [2.24, 2.45) is 11.3 Å². The van der Waals surface area contributed by atoms with Crippen LogP contribution in [0.15, 0.2) is 18.2 Å². The molecule has 1 saturated carbocycles. The lowest BCUT2D eigenvalue weighted by atomic mass is 9.57. The molecule has 5 heteroatoms. The molecule has 0 unspecified atom stereocenters. The van der Waals surface area contributed by atoms with Crippen molar-refractivity contribution in [3.8, 4) is 5.75 Å². The Morgan fingerprint density at radius 2 is 2.04 bits per heavy atom. The maximum atomic E-state index is 12.0. The number of ether oxygens (including phenoxy) is 1. The van der Waals surface area contributed by atoms with Crippen molar-refractivity contribution >= 4 is 17.5 Å². The number of nitrogens with zero attached hydrogens (tertiary/aromatic N) is 1. The number of rotatable bonds is 5. The molecule has 1 aromatic carbocycles. The Kier molecular flexibility index (Phi) is 5.36. The van der Waals surface area contributed by atoms with Crippen LogP contribution in [0.2, 0.25) is 5.02 Å². The molecule has 1 N–H and O–H groups in total. The number of amides is 1. The molecule has 132 valence electrons. The zero-order valence-electron chi connectivity index (χ0n) is 14.6. The second-order valence-electron chi connectivity index (χ2n) is 7.50. The number of nitrogens with one attached hydrogen (secondary N) is 1. The van der Waals surface area contributed by atoms with E-state index in [2.05, 4.69) is 5.32 Å². The van der Waals surface area contributed by atoms with E-state index >= 15 is 0 Å². The average molecular weight is 351 g/mol. The van der Waals surface area contributed by atoms with Crippen LogP contribution in [-0.2, 0) is 0 Å². The third kappa shape index (κ3) is 3.86. The molecule has 0 atom stereocenters. The van der Waals surface area contributed by atoms with Crippen LogP contribution in [0, 0.1) is 11.3 Å². The van der Waals surface area contributed by atoms with E-state index < -0.39 is 0 Å². The van der Waals surface area contributed by atoms with Crippen molar-refractivity contribution in [1.82, 2.24) is 10.2 Å². The van der Waals surface area contributed by atoms with Gasteiger partial charge in [-0.3, -0.25) is 4.79 Å². The van der Waals surface area contributed by atoms with E-state index in [1.54, 1.807) is 26.2 Å². The number of benzene rings is 1. The summed E-state index contributed by atoms with van der Waals surface area (Å²) in [7, 11) is 3.44. The van der Waals surface area contributed by atoms with Gasteiger partial charge in [0.05, 0.1) is 17.2 Å². The van der Waals surface area contributed by atoms with Crippen LogP contribution in [0.1, 0.15) is 42.5 Å². The van der Waals surface area contributed by atoms with Gasteiger partial charge in [-0.25, -0.2) is 0 Å². The second kappa shape index (κ2) is 7.32. The summed E-state index contributed by atoms with van der Waals surface area (Å²) in [5.41, 5.74) is 1.15. The van der Waals surface area contributed by atoms with Crippen molar-refractivity contribution in [1.29, 1.82) is 0 Å². The van der Waals surface area contributed by atoms with E-state index in [1.807, 2.05) is 6.07 Å². The van der Waals surface area contributed by atoms with Crippen LogP contribution in [0.3, 0.4) is 0 Å². The third-order valence-electron chi connectivity index (χ3n) is 5.48. The molecule has 4 nitrogen and oxygen atoms in total. The predicted octanol–water partition coefficient (Wildman–Crippen LogP) is 3.59. The summed E-state index contributed by atoms with van der Waals surface area (Å²) in [6, 6.07) is 5.32. The monoisotopic (exact) mass is 350 g/mol. The molecule has 0 radical (unpaired) electrons. The van der Waals surface area contributed by atoms with Crippen molar-refractivity contribution in [2.75, 3.05) is 33.8 Å². The van der Waals surface area contributed by atoms with Gasteiger partial charge in [0.2, 0.25) is 0 Å². The minimum atomic E-state index is -0.0895. The maximum absolute atomic E-state index is 12.0. The van der Waals surface area contributed by atoms with Crippen LogP contribution in [0.5, 0.6) is 5.75 Å². The van der Waals surface area contributed by atoms with E-state index in [0.717, 1.165) is 24.7 Å². The van der Waals surface area contributed by atoms with E-state index in [0.29, 0.717) is 16.0 Å². The molecule has 1 heterocycles. The number of halogens is 1. The van der Waals surface area contributed by atoms with Crippen molar-refractivity contribution in [3.05, 3.63) is 28.8 Å². The fourth-order valence-electron chi connectivity index (χ4n) is 4.08. The number of piperidine rings is 1. The van der Waals surface area contributed by atoms with Gasteiger partial charge in [0.1, 0.15) is 5.75 Å². The molecule has 24 heavy (non-hydrogen) atoms. The van der Waals surface area contributed by atoms with Crippen LogP contribution < -0.4 is 10.1 Å². The maximum Gasteiger partial charge on any atom is 0.254 e. The highest BCUT2D eigenvalue weighted by molar-refractivity contribution is 6.34. The Bertz CT molecular complexity index is 589. The second-order valence-corrected chi connectivity index (χ2v) is 7.91. The molecule has 1 amide bonds. The lowest BCUT2D eigenvalue weighted by Gasteiger charge is -2.50. The number of hydrogen-bond donors (Lipinski definition) is 1. The van der Waals surface area contributed by atoms with Gasteiger partial charge >= 0.3 is 0 Å². The van der Waals surface area contributed by atoms with E-state index in [1.165, 1.54) is 43.7 Å². The summed E-state index contributed by atoms with van der Waals surface area (Å²) in [4.78, 5) is 13.5. The summed E-state index contributed by atoms with van der Waals surface area (Å²) >= 11 is 6.21. The molecule has 1 aliphatic carbocycles. The summed E-state index contributed by atoms with van der Waals surface area (Å²) < 4.78 is 5.84. The molecule has 1 spiro atoms. The van der Waals surface area contributed by atoms with Gasteiger partial charge in [-0.05, 0) is 74.7 Å². The largest absolute Gasteiger partial charge is 0.494 e. The first-order valence-corrected chi connectivity index (χ1v) is 9.22. The fourth-order valence-corrected chi connectivity index (χ4v) is 4.33. The van der Waals surface area contributed by atoms with Gasteiger partial charge in [-0.2, -0.15) is 0 Å². The smallest absolute Gasteiger partial charge is 0.254 e. The Labute approximate surface area is 149 Å². The number of hydrogen-bond acceptors (Lipinski definition) is 3. The van der Waals surface area contributed by atoms with Crippen molar-refractivity contribution < 1.29 is 9.53 Å². The van der Waals surface area contributed by atoms with Crippen LogP contribution in [-0.4, -0.2) is 44.6 Å². The Balaban J connectivity index is 1.44. The lowest BCUT2D eigenvalue weighted by molar-refractivity contribution is 0.0113. The Morgan fingerprint density at radius 3 is 2.67 bits per heavy atom. The number of carbonyl (C=O) groups excluding carboxylic acids is 1. The normalized spacial score (nSPS) is 19.8. The molecular formula is C19H27ClN2O2. The highest BCUT2D eigenvalue weighted by atomic mass is 35.5. The van der Waals surface area contributed by atoms with Gasteiger partial charge in [0.15, 0.2) is 0 Å². The molecular weight excluding hydrogens is 324 g/mol. The summed E-state index contributed by atoms with van der Waals surface area (Å²) in [6.45, 7) is 3.08. The summed E-state index contributed by atoms with van der Waals surface area (Å²) in [6.07, 6.45) is 6.48. The summed E-state index contributed by atoms with van der Waals surface area (Å²) in [5, 5.41) is 3.90. The fraction of sp³-hybridized carbons (Fsp3) is 0.632. The van der Waals surface area contributed by atoms with Gasteiger partial charge in [-0.1, -0.05) is 11.6 Å². The zero-order valence-corrected chi connectivity index (χ0v) is 15.4. The Morgan fingerprint density at radius 1 is 1.33 bits per heavy atom. The van der Waals surface area contributed by atoms with Crippen molar-refractivity contribution in [3.63, 3.8) is 0 Å². The van der Waals surface area contributed by atoms with E-state index in [-0.39, 0.29) is 5.91 Å². The highest BCUT2D eigenvalue weighted by Gasteiger charge is 2.43. The first-order chi connectivity index (χ1) is 11.5. The average Bonchev–Trinajstić information content (AvgIpc) is 2.53. The molecule has 3 rings (SSSR count). The number of carbonyl (C=O) groups is 1. The molecule has 2 aliphatic rings. The van der Waals surface area contributed by atoms with Crippen LogP contribution >= 0.6 is 11.6 Å². The van der Waals surface area contributed by atoms with Gasteiger partial charge in [0, 0.05) is 14.1 Å². The SMILES string of the molecule is CN(C)C(=O)c1ccc(OCCC2CC3(CCNCC3)C2)cc1Cl. The van der Waals surface area contributed by atoms with Crippen LogP contribution in [0.25, 0.3) is 0 Å². The zero-order chi connectivity index (χ0) is 17.2. The topological polar surface area (TPSA) is 41.6 Å². The molecule has 0 bridgehead atoms. The predicted molar refractivity (Wildman–Crippen MR) is 96.8 cm³/mol. The van der Waals surface area contributed by atoms with Gasteiger partial charge < -0.3 is 15.0 Å². The van der Waals surface area contributed by atoms with Gasteiger partial charge in [0.25, 0.3) is 5.91 Å². The summed E-state index contributed by atoms with van der Waals surface area (Å²) in [5.74, 6) is 1.45. The quantitative estimate of drug-likeness (QED) is 0.882. The van der Waals surface area contributed by atoms with Crippen LogP contribution in [0.4, 0.5) is 0 Å². The molecule has 1 aliphatic heterocycles. The first kappa shape index (κ1) is 17.6. The van der Waals surface area contributed by atoms with Gasteiger partial charge in [-0.15, -0.1) is 0 Å².